The van der Waals surface area contributed by atoms with Gasteiger partial charge in [-0.2, -0.15) is 0 Å². The molecule has 6 nitrogen and oxygen atoms in total. The summed E-state index contributed by atoms with van der Waals surface area (Å²) in [6.07, 6.45) is 6.20. The number of pyridine rings is 1. The molecule has 7 heteroatoms. The predicted molar refractivity (Wildman–Crippen MR) is 133 cm³/mol. The molecule has 0 bridgehead atoms. The van der Waals surface area contributed by atoms with Gasteiger partial charge in [0.25, 0.3) is 5.91 Å². The van der Waals surface area contributed by atoms with Crippen molar-refractivity contribution in [1.82, 2.24) is 15.6 Å². The van der Waals surface area contributed by atoms with Gasteiger partial charge < -0.3 is 22.1 Å². The number of hydrogen-bond acceptors (Lipinski definition) is 5. The highest BCUT2D eigenvalue weighted by molar-refractivity contribution is 5.96. The van der Waals surface area contributed by atoms with Crippen LogP contribution in [0.25, 0.3) is 23.0 Å². The summed E-state index contributed by atoms with van der Waals surface area (Å²) in [7, 11) is 0. The second-order valence-electron chi connectivity index (χ2n) is 8.08. The van der Waals surface area contributed by atoms with Crippen molar-refractivity contribution in [2.75, 3.05) is 13.1 Å². The van der Waals surface area contributed by atoms with Crippen LogP contribution in [0.2, 0.25) is 0 Å². The molecular weight excluding hydrogens is 429 g/mol. The van der Waals surface area contributed by atoms with Crippen LogP contribution in [-0.2, 0) is 13.1 Å². The summed E-state index contributed by atoms with van der Waals surface area (Å²) in [5.41, 5.74) is 15.9. The topological polar surface area (TPSA) is 106 Å². The molecule has 2 aromatic carbocycles. The minimum Gasteiger partial charge on any atom is -0.401 e. The van der Waals surface area contributed by atoms with Gasteiger partial charge in [-0.25, -0.2) is 9.37 Å². The van der Waals surface area contributed by atoms with E-state index in [1.54, 1.807) is 24.3 Å². The molecule has 3 aromatic rings. The van der Waals surface area contributed by atoms with E-state index in [2.05, 4.69) is 10.6 Å². The fourth-order valence-corrected chi connectivity index (χ4v) is 3.89. The number of allylic oxidation sites excluding steroid dienone is 1. The third kappa shape index (κ3) is 5.39. The fourth-order valence-electron chi connectivity index (χ4n) is 3.89. The molecule has 0 unspecified atom stereocenters. The number of aromatic nitrogens is 1. The van der Waals surface area contributed by atoms with Gasteiger partial charge in [0.15, 0.2) is 0 Å². The normalized spacial score (nSPS) is 12.6. The van der Waals surface area contributed by atoms with Crippen LogP contribution in [0, 0.1) is 5.82 Å². The number of benzene rings is 2. The van der Waals surface area contributed by atoms with Crippen LogP contribution < -0.4 is 32.7 Å². The maximum Gasteiger partial charge on any atom is 0.252 e. The van der Waals surface area contributed by atoms with Gasteiger partial charge in [0, 0.05) is 54.6 Å². The summed E-state index contributed by atoms with van der Waals surface area (Å²) in [5, 5.41) is 7.37. The third-order valence-corrected chi connectivity index (χ3v) is 5.61. The van der Waals surface area contributed by atoms with E-state index in [9.17, 15) is 9.18 Å². The number of fused-ring (bicyclic) bond motifs is 1. The molecule has 174 valence electrons. The molecule has 1 aliphatic rings. The van der Waals surface area contributed by atoms with Gasteiger partial charge in [-0.05, 0) is 29.8 Å². The first kappa shape index (κ1) is 23.4. The summed E-state index contributed by atoms with van der Waals surface area (Å²) in [6, 6.07) is 16.1. The molecule has 0 fully saturated rings. The average Bonchev–Trinajstić information content (AvgIpc) is 3.04. The van der Waals surface area contributed by atoms with Gasteiger partial charge in [0.1, 0.15) is 5.82 Å². The highest BCUT2D eigenvalue weighted by atomic mass is 19.1. The number of nitrogens with zero attached hydrogens (tertiary/aromatic N) is 1. The molecule has 1 amide bonds. The van der Waals surface area contributed by atoms with Crippen LogP contribution >= 0.6 is 0 Å². The number of nitrogens with one attached hydrogen (secondary N) is 2. The highest BCUT2D eigenvalue weighted by Crippen LogP contribution is 2.18. The molecule has 6 N–H and O–H groups in total. The Morgan fingerprint density at radius 1 is 1.09 bits per heavy atom. The molecule has 0 atom stereocenters. The number of nitrogens with two attached hydrogens (primary N) is 2. The lowest BCUT2D eigenvalue weighted by Gasteiger charge is -2.12. The van der Waals surface area contributed by atoms with Crippen LogP contribution in [0.15, 0.2) is 66.7 Å². The van der Waals surface area contributed by atoms with Gasteiger partial charge in [0.2, 0.25) is 0 Å². The maximum absolute atomic E-state index is 14.1. The average molecular weight is 458 g/mol. The van der Waals surface area contributed by atoms with Crippen LogP contribution in [-0.4, -0.2) is 24.0 Å². The van der Waals surface area contributed by atoms with E-state index in [4.69, 9.17) is 16.5 Å². The Bertz CT molecular complexity index is 1350. The van der Waals surface area contributed by atoms with E-state index >= 15 is 0 Å². The number of amides is 1. The Hall–Kier alpha value is -3.81. The third-order valence-electron chi connectivity index (χ3n) is 5.61. The van der Waals surface area contributed by atoms with Crippen LogP contribution in [0.5, 0.6) is 0 Å². The van der Waals surface area contributed by atoms with Crippen molar-refractivity contribution in [2.24, 2.45) is 11.5 Å². The number of carbonyl (C=O) groups excluding carboxylic acids is 1. The SMILES string of the molecule is NCCNCc1cccc(-c2cc(C(=O)NCc3ccccc3F)c3c(n2)=CC=CCC=3N)c1. The van der Waals surface area contributed by atoms with Crippen molar-refractivity contribution in [3.8, 4) is 11.3 Å². The minimum absolute atomic E-state index is 0.0715. The summed E-state index contributed by atoms with van der Waals surface area (Å²) in [6.45, 7) is 2.05. The first-order chi connectivity index (χ1) is 16.6. The lowest BCUT2D eigenvalue weighted by Crippen LogP contribution is -2.40. The fraction of sp³-hybridized carbons (Fsp3) is 0.185. The largest absolute Gasteiger partial charge is 0.401 e. The Labute approximate surface area is 197 Å². The van der Waals surface area contributed by atoms with Crippen LogP contribution in [0.4, 0.5) is 4.39 Å². The van der Waals surface area contributed by atoms with Gasteiger partial charge in [0.05, 0.1) is 16.6 Å². The zero-order valence-corrected chi connectivity index (χ0v) is 18.9. The lowest BCUT2D eigenvalue weighted by molar-refractivity contribution is 0.0949. The smallest absolute Gasteiger partial charge is 0.252 e. The van der Waals surface area contributed by atoms with Crippen LogP contribution in [0.1, 0.15) is 27.9 Å². The first-order valence-electron chi connectivity index (χ1n) is 11.2. The molecule has 0 radical (unpaired) electrons. The molecule has 0 saturated carbocycles. The van der Waals surface area contributed by atoms with E-state index in [0.29, 0.717) is 52.6 Å². The van der Waals surface area contributed by atoms with E-state index in [0.717, 1.165) is 17.7 Å². The molecule has 0 saturated heterocycles. The quantitative estimate of drug-likeness (QED) is 0.385. The maximum atomic E-state index is 14.1. The standard InChI is InChI=1S/C27H28FN5O/c28-22-9-2-1-7-20(22)17-32-27(34)21-15-25(33-24-11-4-3-10-23(30)26(21)24)19-8-5-6-18(14-19)16-31-13-12-29/h1-9,11,14-15,31H,10,12-13,16-17,29-30H2,(H,32,34). The zero-order valence-electron chi connectivity index (χ0n) is 18.9. The predicted octanol–water partition coefficient (Wildman–Crippen LogP) is 1.67. The summed E-state index contributed by atoms with van der Waals surface area (Å²) < 4.78 is 14.1. The number of hydrogen-bond donors (Lipinski definition) is 4. The van der Waals surface area contributed by atoms with E-state index in [1.165, 1.54) is 6.07 Å². The molecule has 1 heterocycles. The zero-order chi connectivity index (χ0) is 23.9. The van der Waals surface area contributed by atoms with E-state index < -0.39 is 0 Å². The minimum atomic E-state index is -0.360. The number of carbonyl (C=O) groups is 1. The Kier molecular flexibility index (Phi) is 7.47. The van der Waals surface area contributed by atoms with Crippen molar-refractivity contribution in [2.45, 2.75) is 19.5 Å². The van der Waals surface area contributed by atoms with Gasteiger partial charge in [-0.1, -0.05) is 48.6 Å². The molecule has 4 rings (SSSR count). The second-order valence-corrected chi connectivity index (χ2v) is 8.08. The Balaban J connectivity index is 1.73. The second kappa shape index (κ2) is 10.9. The van der Waals surface area contributed by atoms with Crippen molar-refractivity contribution < 1.29 is 9.18 Å². The highest BCUT2D eigenvalue weighted by Gasteiger charge is 2.15. The molecule has 34 heavy (non-hydrogen) atoms. The number of rotatable bonds is 8. The van der Waals surface area contributed by atoms with Gasteiger partial charge >= 0.3 is 0 Å². The van der Waals surface area contributed by atoms with E-state index in [1.807, 2.05) is 42.5 Å². The first-order valence-corrected chi connectivity index (χ1v) is 11.2. The lowest BCUT2D eigenvalue weighted by atomic mass is 10.0. The molecule has 1 aromatic heterocycles. The van der Waals surface area contributed by atoms with Crippen molar-refractivity contribution in [3.05, 3.63) is 99.8 Å². The molecular formula is C27H28FN5O. The molecule has 1 aliphatic carbocycles. The summed E-state index contributed by atoms with van der Waals surface area (Å²) in [5.74, 6) is -0.692. The summed E-state index contributed by atoms with van der Waals surface area (Å²) in [4.78, 5) is 18.1. The van der Waals surface area contributed by atoms with Crippen molar-refractivity contribution >= 4 is 17.7 Å². The van der Waals surface area contributed by atoms with Gasteiger partial charge in [-0.3, -0.25) is 4.79 Å². The van der Waals surface area contributed by atoms with Crippen molar-refractivity contribution in [3.63, 3.8) is 0 Å². The summed E-state index contributed by atoms with van der Waals surface area (Å²) >= 11 is 0. The number of halogens is 1. The van der Waals surface area contributed by atoms with E-state index in [-0.39, 0.29) is 18.3 Å². The molecule has 0 spiro atoms. The molecule has 0 aliphatic heterocycles. The van der Waals surface area contributed by atoms with Crippen LogP contribution in [0.3, 0.4) is 0 Å². The Morgan fingerprint density at radius 3 is 2.76 bits per heavy atom. The van der Waals surface area contributed by atoms with Crippen molar-refractivity contribution in [1.29, 1.82) is 0 Å². The monoisotopic (exact) mass is 457 g/mol. The Morgan fingerprint density at radius 2 is 1.94 bits per heavy atom. The van der Waals surface area contributed by atoms with Gasteiger partial charge in [-0.15, -0.1) is 0 Å².